The monoisotopic (exact) mass is 233 g/mol. The zero-order valence-electron chi connectivity index (χ0n) is 11.1. The first-order valence-electron chi connectivity index (χ1n) is 6.44. The van der Waals surface area contributed by atoms with E-state index in [1.807, 2.05) is 0 Å². The van der Waals surface area contributed by atoms with Crippen LogP contribution in [0.3, 0.4) is 0 Å². The minimum Gasteiger partial charge on any atom is -0.310 e. The molecule has 1 N–H and O–H groups in total. The molecule has 0 atom stereocenters. The second-order valence-corrected chi connectivity index (χ2v) is 4.79. The number of Topliss-reactive ketones (excluding diaryl/α,β-unsaturated/α-hetero) is 1. The van der Waals surface area contributed by atoms with Crippen LogP contribution >= 0.6 is 0 Å². The van der Waals surface area contributed by atoms with Gasteiger partial charge in [0.05, 0.1) is 6.54 Å². The van der Waals surface area contributed by atoms with Crippen LogP contribution in [-0.4, -0.2) is 18.9 Å². The van der Waals surface area contributed by atoms with Crippen molar-refractivity contribution >= 4 is 5.78 Å². The SMILES string of the molecule is CCCNCC(=O)Cc1ccc(C(C)C)cc1. The van der Waals surface area contributed by atoms with Crippen LogP contribution in [0.2, 0.25) is 0 Å². The molecule has 1 rings (SSSR count). The molecule has 0 unspecified atom stereocenters. The highest BCUT2D eigenvalue weighted by atomic mass is 16.1. The fourth-order valence-corrected chi connectivity index (χ4v) is 1.72. The Hall–Kier alpha value is -1.15. The van der Waals surface area contributed by atoms with Crippen LogP contribution in [0.15, 0.2) is 24.3 Å². The smallest absolute Gasteiger partial charge is 0.150 e. The zero-order valence-corrected chi connectivity index (χ0v) is 11.1. The van der Waals surface area contributed by atoms with Crippen molar-refractivity contribution in [3.63, 3.8) is 0 Å². The van der Waals surface area contributed by atoms with Crippen molar-refractivity contribution in [3.05, 3.63) is 35.4 Å². The molecule has 0 radical (unpaired) electrons. The van der Waals surface area contributed by atoms with E-state index in [4.69, 9.17) is 0 Å². The molecule has 17 heavy (non-hydrogen) atoms. The summed E-state index contributed by atoms with van der Waals surface area (Å²) in [5, 5.41) is 3.14. The largest absolute Gasteiger partial charge is 0.310 e. The van der Waals surface area contributed by atoms with Gasteiger partial charge < -0.3 is 5.32 Å². The Bertz CT molecular complexity index is 340. The molecule has 2 nitrogen and oxygen atoms in total. The molecule has 0 aromatic heterocycles. The fourth-order valence-electron chi connectivity index (χ4n) is 1.72. The zero-order chi connectivity index (χ0) is 12.7. The Morgan fingerprint density at radius 3 is 2.41 bits per heavy atom. The Morgan fingerprint density at radius 1 is 1.24 bits per heavy atom. The summed E-state index contributed by atoms with van der Waals surface area (Å²) in [6, 6.07) is 8.36. The predicted octanol–water partition coefficient (Wildman–Crippen LogP) is 2.92. The van der Waals surface area contributed by atoms with E-state index < -0.39 is 0 Å². The van der Waals surface area contributed by atoms with Crippen LogP contribution in [0, 0.1) is 0 Å². The number of hydrogen-bond acceptors (Lipinski definition) is 2. The van der Waals surface area contributed by atoms with Gasteiger partial charge in [-0.15, -0.1) is 0 Å². The third-order valence-electron chi connectivity index (χ3n) is 2.80. The summed E-state index contributed by atoms with van der Waals surface area (Å²) < 4.78 is 0. The van der Waals surface area contributed by atoms with Gasteiger partial charge in [-0.1, -0.05) is 45.0 Å². The van der Waals surface area contributed by atoms with Crippen LogP contribution in [0.25, 0.3) is 0 Å². The summed E-state index contributed by atoms with van der Waals surface area (Å²) in [6.45, 7) is 7.85. The minimum absolute atomic E-state index is 0.260. The lowest BCUT2D eigenvalue weighted by Gasteiger charge is -2.07. The first kappa shape index (κ1) is 13.9. The van der Waals surface area contributed by atoms with Crippen molar-refractivity contribution in [2.45, 2.75) is 39.5 Å². The number of rotatable bonds is 7. The lowest BCUT2D eigenvalue weighted by atomic mass is 10.00. The molecule has 0 aliphatic rings. The van der Waals surface area contributed by atoms with Crippen LogP contribution in [-0.2, 0) is 11.2 Å². The molecular weight excluding hydrogens is 210 g/mol. The van der Waals surface area contributed by atoms with Crippen molar-refractivity contribution in [3.8, 4) is 0 Å². The number of carbonyl (C=O) groups excluding carboxylic acids is 1. The number of nitrogens with one attached hydrogen (secondary N) is 1. The molecular formula is C15H23NO. The minimum atomic E-state index is 0.260. The van der Waals surface area contributed by atoms with Crippen LogP contribution in [0.1, 0.15) is 44.2 Å². The van der Waals surface area contributed by atoms with Gasteiger partial charge in [-0.3, -0.25) is 4.79 Å². The van der Waals surface area contributed by atoms with Gasteiger partial charge in [0.2, 0.25) is 0 Å². The summed E-state index contributed by atoms with van der Waals surface area (Å²) >= 11 is 0. The van der Waals surface area contributed by atoms with E-state index in [2.05, 4.69) is 50.4 Å². The first-order valence-corrected chi connectivity index (χ1v) is 6.44. The maximum Gasteiger partial charge on any atom is 0.150 e. The Balaban J connectivity index is 2.43. The standard InChI is InChI=1S/C15H23NO/c1-4-9-16-11-15(17)10-13-5-7-14(8-6-13)12(2)3/h5-8,12,16H,4,9-11H2,1-3H3. The molecule has 0 saturated heterocycles. The van der Waals surface area contributed by atoms with Crippen LogP contribution < -0.4 is 5.32 Å². The highest BCUT2D eigenvalue weighted by Crippen LogP contribution is 2.14. The quantitative estimate of drug-likeness (QED) is 0.734. The van der Waals surface area contributed by atoms with Gasteiger partial charge in [0.25, 0.3) is 0 Å². The Labute approximate surface area is 104 Å². The molecule has 1 aromatic carbocycles. The fraction of sp³-hybridized carbons (Fsp3) is 0.533. The van der Waals surface area contributed by atoms with Crippen molar-refractivity contribution in [1.29, 1.82) is 0 Å². The Kier molecular flexibility index (Phi) is 5.92. The van der Waals surface area contributed by atoms with Crippen molar-refractivity contribution in [2.24, 2.45) is 0 Å². The lowest BCUT2D eigenvalue weighted by Crippen LogP contribution is -2.24. The van der Waals surface area contributed by atoms with E-state index >= 15 is 0 Å². The van der Waals surface area contributed by atoms with E-state index in [1.54, 1.807) is 0 Å². The molecule has 0 bridgehead atoms. The average Bonchev–Trinajstić information content (AvgIpc) is 2.30. The summed E-state index contributed by atoms with van der Waals surface area (Å²) in [4.78, 5) is 11.6. The average molecular weight is 233 g/mol. The summed E-state index contributed by atoms with van der Waals surface area (Å²) in [6.07, 6.45) is 1.60. The normalized spacial score (nSPS) is 10.8. The van der Waals surface area contributed by atoms with Gasteiger partial charge in [-0.2, -0.15) is 0 Å². The number of benzene rings is 1. The summed E-state index contributed by atoms with van der Waals surface area (Å²) in [5.41, 5.74) is 2.43. The van der Waals surface area contributed by atoms with E-state index in [1.165, 1.54) is 5.56 Å². The molecule has 1 aromatic rings. The second kappa shape index (κ2) is 7.23. The van der Waals surface area contributed by atoms with Crippen molar-refractivity contribution in [2.75, 3.05) is 13.1 Å². The maximum atomic E-state index is 11.6. The summed E-state index contributed by atoms with van der Waals surface area (Å²) in [7, 11) is 0. The number of hydrogen-bond donors (Lipinski definition) is 1. The highest BCUT2D eigenvalue weighted by Gasteiger charge is 2.04. The molecule has 0 heterocycles. The molecule has 0 aliphatic carbocycles. The van der Waals surface area contributed by atoms with Gasteiger partial charge in [0.15, 0.2) is 5.78 Å². The van der Waals surface area contributed by atoms with Gasteiger partial charge in [0, 0.05) is 6.42 Å². The van der Waals surface area contributed by atoms with Crippen molar-refractivity contribution in [1.82, 2.24) is 5.32 Å². The molecule has 0 fully saturated rings. The van der Waals surface area contributed by atoms with E-state index in [9.17, 15) is 4.79 Å². The highest BCUT2D eigenvalue weighted by molar-refractivity contribution is 5.82. The predicted molar refractivity (Wildman–Crippen MR) is 72.4 cm³/mol. The van der Waals surface area contributed by atoms with E-state index in [0.717, 1.165) is 18.5 Å². The van der Waals surface area contributed by atoms with Crippen LogP contribution in [0.4, 0.5) is 0 Å². The number of carbonyl (C=O) groups is 1. The third kappa shape index (κ3) is 5.14. The molecule has 0 saturated carbocycles. The topological polar surface area (TPSA) is 29.1 Å². The number of ketones is 1. The van der Waals surface area contributed by atoms with Crippen molar-refractivity contribution < 1.29 is 4.79 Å². The molecule has 94 valence electrons. The lowest BCUT2D eigenvalue weighted by molar-refractivity contribution is -0.117. The first-order chi connectivity index (χ1) is 8.13. The van der Waals surface area contributed by atoms with E-state index in [-0.39, 0.29) is 5.78 Å². The van der Waals surface area contributed by atoms with Gasteiger partial charge in [-0.05, 0) is 30.0 Å². The van der Waals surface area contributed by atoms with Gasteiger partial charge in [-0.25, -0.2) is 0 Å². The molecule has 2 heteroatoms. The molecule has 0 spiro atoms. The van der Waals surface area contributed by atoms with E-state index in [0.29, 0.717) is 18.9 Å². The van der Waals surface area contributed by atoms with Gasteiger partial charge >= 0.3 is 0 Å². The maximum absolute atomic E-state index is 11.6. The second-order valence-electron chi connectivity index (χ2n) is 4.79. The summed E-state index contributed by atoms with van der Waals surface area (Å²) in [5.74, 6) is 0.807. The molecule has 0 amide bonds. The van der Waals surface area contributed by atoms with Gasteiger partial charge in [0.1, 0.15) is 0 Å². The third-order valence-corrected chi connectivity index (χ3v) is 2.80. The molecule has 0 aliphatic heterocycles. The Morgan fingerprint density at radius 2 is 1.88 bits per heavy atom. The van der Waals surface area contributed by atoms with Crippen LogP contribution in [0.5, 0.6) is 0 Å².